The van der Waals surface area contributed by atoms with Crippen LogP contribution in [0.5, 0.6) is 0 Å². The van der Waals surface area contributed by atoms with Gasteiger partial charge >= 0.3 is 0 Å². The highest BCUT2D eigenvalue weighted by Gasteiger charge is 2.22. The Kier molecular flexibility index (Phi) is 9.02. The van der Waals surface area contributed by atoms with Gasteiger partial charge in [-0.2, -0.15) is 0 Å². The number of aliphatic hydroxyl groups is 2. The molecular weight excluding hydrogens is 326 g/mol. The average molecular weight is 364 g/mol. The van der Waals surface area contributed by atoms with Crippen LogP contribution in [0, 0.1) is 5.92 Å². The van der Waals surface area contributed by atoms with E-state index in [4.69, 9.17) is 0 Å². The molecule has 0 spiro atoms. The van der Waals surface area contributed by atoms with E-state index in [1.165, 1.54) is 18.4 Å². The number of benzene rings is 1. The predicted molar refractivity (Wildman–Crippen MR) is 107 cm³/mol. The van der Waals surface area contributed by atoms with Gasteiger partial charge in [-0.1, -0.05) is 30.3 Å². The molecule has 1 aliphatic rings. The number of likely N-dealkylation sites (N-methyl/N-ethyl adjacent to an activating group) is 2. The van der Waals surface area contributed by atoms with Crippen LogP contribution in [0.15, 0.2) is 30.3 Å². The number of hydrogen-bond acceptors (Lipinski definition) is 5. The van der Waals surface area contributed by atoms with E-state index in [9.17, 15) is 10.2 Å². The molecule has 2 rings (SSSR count). The molecule has 5 heteroatoms. The van der Waals surface area contributed by atoms with E-state index >= 15 is 0 Å². The molecule has 1 fully saturated rings. The summed E-state index contributed by atoms with van der Waals surface area (Å²) in [5.41, 5.74) is 1.28. The maximum atomic E-state index is 10.4. The van der Waals surface area contributed by atoms with Gasteiger partial charge in [-0.15, -0.1) is 0 Å². The summed E-state index contributed by atoms with van der Waals surface area (Å²) < 4.78 is 0. The minimum absolute atomic E-state index is 0.239. The van der Waals surface area contributed by atoms with Gasteiger partial charge in [0.25, 0.3) is 0 Å². The smallest absolute Gasteiger partial charge is 0.0793 e. The third-order valence-corrected chi connectivity index (χ3v) is 5.14. The zero-order valence-electron chi connectivity index (χ0n) is 16.7. The van der Waals surface area contributed by atoms with Crippen LogP contribution in [0.25, 0.3) is 0 Å². The second-order valence-electron chi connectivity index (χ2n) is 8.15. The van der Waals surface area contributed by atoms with Crippen molar-refractivity contribution in [3.63, 3.8) is 0 Å². The first kappa shape index (κ1) is 21.3. The zero-order valence-corrected chi connectivity index (χ0v) is 16.7. The third kappa shape index (κ3) is 8.14. The van der Waals surface area contributed by atoms with E-state index in [2.05, 4.69) is 53.1 Å². The van der Waals surface area contributed by atoms with Crippen LogP contribution in [0.4, 0.5) is 0 Å². The first-order valence-corrected chi connectivity index (χ1v) is 9.92. The number of piperidine rings is 1. The topological polar surface area (TPSA) is 50.2 Å². The van der Waals surface area contributed by atoms with Gasteiger partial charge in [0.05, 0.1) is 12.2 Å². The Morgan fingerprint density at radius 1 is 1.04 bits per heavy atom. The van der Waals surface area contributed by atoms with E-state index in [1.54, 1.807) is 0 Å². The maximum Gasteiger partial charge on any atom is 0.0793 e. The average Bonchev–Trinajstić information content (AvgIpc) is 2.56. The lowest BCUT2D eigenvalue weighted by atomic mass is 9.96. The fourth-order valence-electron chi connectivity index (χ4n) is 3.98. The van der Waals surface area contributed by atoms with Crippen molar-refractivity contribution in [2.45, 2.75) is 38.5 Å². The fraction of sp³-hybridized carbons (Fsp3) is 0.714. The first-order chi connectivity index (χ1) is 12.4. The molecule has 1 aliphatic heterocycles. The largest absolute Gasteiger partial charge is 0.392 e. The summed E-state index contributed by atoms with van der Waals surface area (Å²) in [4.78, 5) is 6.81. The first-order valence-electron chi connectivity index (χ1n) is 9.92. The van der Waals surface area contributed by atoms with Crippen LogP contribution in [-0.2, 0) is 6.54 Å². The molecule has 0 aliphatic carbocycles. The molecule has 2 N–H and O–H groups in total. The Morgan fingerprint density at radius 2 is 1.65 bits per heavy atom. The van der Waals surface area contributed by atoms with Gasteiger partial charge in [0, 0.05) is 32.7 Å². The predicted octanol–water partition coefficient (Wildman–Crippen LogP) is 1.50. The van der Waals surface area contributed by atoms with Crippen LogP contribution in [0.3, 0.4) is 0 Å². The molecule has 1 aromatic rings. The van der Waals surface area contributed by atoms with E-state index < -0.39 is 0 Å². The summed E-state index contributed by atoms with van der Waals surface area (Å²) in [7, 11) is 4.18. The highest BCUT2D eigenvalue weighted by Crippen LogP contribution is 2.18. The molecule has 148 valence electrons. The number of likely N-dealkylation sites (tertiary alicyclic amines) is 1. The molecule has 0 saturated carbocycles. The Labute approximate surface area is 159 Å². The van der Waals surface area contributed by atoms with E-state index in [0.717, 1.165) is 32.7 Å². The maximum absolute atomic E-state index is 10.4. The summed E-state index contributed by atoms with van der Waals surface area (Å²) in [6.45, 7) is 8.10. The molecule has 5 nitrogen and oxygen atoms in total. The lowest BCUT2D eigenvalue weighted by Crippen LogP contribution is -2.43. The van der Waals surface area contributed by atoms with Gasteiger partial charge in [0.2, 0.25) is 0 Å². The summed E-state index contributed by atoms with van der Waals surface area (Å²) in [5, 5.41) is 19.9. The van der Waals surface area contributed by atoms with Gasteiger partial charge in [0.1, 0.15) is 0 Å². The van der Waals surface area contributed by atoms with Crippen LogP contribution in [0.2, 0.25) is 0 Å². The molecule has 1 saturated heterocycles. The van der Waals surface area contributed by atoms with E-state index in [1.807, 2.05) is 13.0 Å². The number of aliphatic hydroxyl groups excluding tert-OH is 2. The SMILES string of the molecule is CC(O)CN1CCC(CN(C)CC(O)CN(C)Cc2ccccc2)CC1. The van der Waals surface area contributed by atoms with Crippen molar-refractivity contribution in [2.24, 2.45) is 5.92 Å². The number of nitrogens with zero attached hydrogens (tertiary/aromatic N) is 3. The Bertz CT molecular complexity index is 489. The van der Waals surface area contributed by atoms with Gasteiger partial charge < -0.3 is 20.0 Å². The summed E-state index contributed by atoms with van der Waals surface area (Å²) in [5.74, 6) is 0.694. The summed E-state index contributed by atoms with van der Waals surface area (Å²) in [6.07, 6.45) is 1.79. The normalized spacial score (nSPS) is 19.2. The molecule has 0 aromatic heterocycles. The lowest BCUT2D eigenvalue weighted by Gasteiger charge is -2.35. The van der Waals surface area contributed by atoms with Crippen LogP contribution >= 0.6 is 0 Å². The van der Waals surface area contributed by atoms with Crippen LogP contribution < -0.4 is 0 Å². The second-order valence-corrected chi connectivity index (χ2v) is 8.15. The molecule has 2 atom stereocenters. The molecular formula is C21H37N3O2. The monoisotopic (exact) mass is 363 g/mol. The van der Waals surface area contributed by atoms with Gasteiger partial charge in [0.15, 0.2) is 0 Å². The van der Waals surface area contributed by atoms with Gasteiger partial charge in [-0.3, -0.25) is 4.90 Å². The summed E-state index contributed by atoms with van der Waals surface area (Å²) >= 11 is 0. The molecule has 0 bridgehead atoms. The summed E-state index contributed by atoms with van der Waals surface area (Å²) in [6, 6.07) is 10.4. The minimum atomic E-state index is -0.330. The van der Waals surface area contributed by atoms with Gasteiger partial charge in [-0.25, -0.2) is 0 Å². The molecule has 26 heavy (non-hydrogen) atoms. The molecule has 2 unspecified atom stereocenters. The van der Waals surface area contributed by atoms with E-state index in [-0.39, 0.29) is 12.2 Å². The second kappa shape index (κ2) is 11.0. The van der Waals surface area contributed by atoms with Crippen molar-refractivity contribution in [1.29, 1.82) is 0 Å². The standard InChI is InChI=1S/C21H37N3O2/c1-18(25)13-24-11-9-20(10-12-24)15-23(3)17-21(26)16-22(2)14-19-7-5-4-6-8-19/h4-8,18,20-21,25-26H,9-17H2,1-3H3. The van der Waals surface area contributed by atoms with Crippen LogP contribution in [0.1, 0.15) is 25.3 Å². The number of β-amino-alcohol motifs (C(OH)–C–C–N with tert-alkyl or cyclic N) is 1. The van der Waals surface area contributed by atoms with Crippen molar-refractivity contribution in [3.8, 4) is 0 Å². The molecule has 0 amide bonds. The number of hydrogen-bond donors (Lipinski definition) is 2. The quantitative estimate of drug-likeness (QED) is 0.660. The molecule has 0 radical (unpaired) electrons. The van der Waals surface area contributed by atoms with Crippen molar-refractivity contribution < 1.29 is 10.2 Å². The van der Waals surface area contributed by atoms with Crippen LogP contribution in [-0.4, -0.2) is 90.5 Å². The van der Waals surface area contributed by atoms with Crippen molar-refractivity contribution in [2.75, 3.05) is 53.4 Å². The molecule has 1 heterocycles. The zero-order chi connectivity index (χ0) is 18.9. The highest BCUT2D eigenvalue weighted by molar-refractivity contribution is 5.14. The minimum Gasteiger partial charge on any atom is -0.392 e. The lowest BCUT2D eigenvalue weighted by molar-refractivity contribution is 0.0681. The Balaban J connectivity index is 1.63. The van der Waals surface area contributed by atoms with Crippen molar-refractivity contribution >= 4 is 0 Å². The molecule has 1 aromatic carbocycles. The third-order valence-electron chi connectivity index (χ3n) is 5.14. The fourth-order valence-corrected chi connectivity index (χ4v) is 3.98. The highest BCUT2D eigenvalue weighted by atomic mass is 16.3. The van der Waals surface area contributed by atoms with E-state index in [0.29, 0.717) is 19.0 Å². The Morgan fingerprint density at radius 3 is 2.27 bits per heavy atom. The van der Waals surface area contributed by atoms with Gasteiger partial charge in [-0.05, 0) is 58.4 Å². The van der Waals surface area contributed by atoms with Crippen molar-refractivity contribution in [1.82, 2.24) is 14.7 Å². The Hall–Kier alpha value is -0.980. The number of rotatable bonds is 10. The van der Waals surface area contributed by atoms with Crippen molar-refractivity contribution in [3.05, 3.63) is 35.9 Å².